The molecule has 0 aromatic rings. The van der Waals surface area contributed by atoms with Crippen molar-refractivity contribution in [1.82, 2.24) is 14.9 Å². The molecule has 158 valence electrons. The van der Waals surface area contributed by atoms with Gasteiger partial charge in [-0.05, 0) is 44.6 Å². The van der Waals surface area contributed by atoms with Crippen molar-refractivity contribution in [2.45, 2.75) is 58.4 Å². The van der Waals surface area contributed by atoms with Gasteiger partial charge < -0.3 is 10.2 Å². The van der Waals surface area contributed by atoms with Crippen molar-refractivity contribution in [3.05, 3.63) is 0 Å². The van der Waals surface area contributed by atoms with E-state index in [1.54, 1.807) is 23.6 Å². The number of sulfonamides is 1. The lowest BCUT2D eigenvalue weighted by Gasteiger charge is -2.34. The summed E-state index contributed by atoms with van der Waals surface area (Å²) in [6.07, 6.45) is 6.88. The van der Waals surface area contributed by atoms with E-state index in [4.69, 9.17) is 0 Å². The molecule has 27 heavy (non-hydrogen) atoms. The number of amides is 2. The van der Waals surface area contributed by atoms with E-state index >= 15 is 0 Å². The topological polar surface area (TPSA) is 95.6 Å². The Labute approximate surface area is 168 Å². The Morgan fingerprint density at radius 3 is 2.41 bits per heavy atom. The number of hydrogen-bond donors (Lipinski definition) is 2. The number of unbranched alkanes of at least 4 members (excludes halogenated alkanes) is 2. The molecule has 0 spiro atoms. The van der Waals surface area contributed by atoms with Crippen LogP contribution in [-0.4, -0.2) is 68.6 Å². The number of carbonyl (C=O) groups is 2. The summed E-state index contributed by atoms with van der Waals surface area (Å²) in [5, 5.41) is 2.98. The number of likely N-dealkylation sites (tertiary alicyclic amines) is 1. The Hall–Kier alpha value is -0.800. The molecule has 0 aromatic carbocycles. The summed E-state index contributed by atoms with van der Waals surface area (Å²) in [5.41, 5.74) is 0. The van der Waals surface area contributed by atoms with Crippen molar-refractivity contribution in [3.8, 4) is 0 Å². The van der Waals surface area contributed by atoms with Crippen LogP contribution in [-0.2, 0) is 19.6 Å². The molecule has 1 aliphatic rings. The van der Waals surface area contributed by atoms with Gasteiger partial charge in [-0.3, -0.25) is 9.59 Å². The lowest BCUT2D eigenvalue weighted by atomic mass is 9.95. The molecule has 1 saturated heterocycles. The molecule has 1 rings (SSSR count). The van der Waals surface area contributed by atoms with Crippen molar-refractivity contribution in [3.63, 3.8) is 0 Å². The predicted molar refractivity (Wildman–Crippen MR) is 111 cm³/mol. The number of carbonyl (C=O) groups excluding carboxylic acids is 2. The molecule has 0 radical (unpaired) electrons. The fourth-order valence-corrected chi connectivity index (χ4v) is 4.37. The highest BCUT2D eigenvalue weighted by atomic mass is 32.2. The SMILES string of the molecule is CCCCCNC(=O)C1CCN(C(=O)C(CCSC)NS(=O)(=O)CC)CC1. The second kappa shape index (κ2) is 12.6. The maximum atomic E-state index is 12.8. The number of hydrogen-bond acceptors (Lipinski definition) is 5. The maximum Gasteiger partial charge on any atom is 0.240 e. The van der Waals surface area contributed by atoms with E-state index in [2.05, 4.69) is 17.0 Å². The van der Waals surface area contributed by atoms with E-state index in [1.807, 2.05) is 6.26 Å². The third-order valence-electron chi connectivity index (χ3n) is 4.87. The standard InChI is InChI=1S/C18H35N3O4S2/c1-4-6-7-11-19-17(22)15-8-12-21(13-9-15)18(23)16(10-14-26-3)20-27(24,25)5-2/h15-16,20H,4-14H2,1-3H3,(H,19,22). The smallest absolute Gasteiger partial charge is 0.240 e. The minimum Gasteiger partial charge on any atom is -0.356 e. The molecule has 1 heterocycles. The molecule has 7 nitrogen and oxygen atoms in total. The summed E-state index contributed by atoms with van der Waals surface area (Å²) < 4.78 is 26.4. The summed E-state index contributed by atoms with van der Waals surface area (Å²) in [6.45, 7) is 5.39. The van der Waals surface area contributed by atoms with Crippen LogP contribution < -0.4 is 10.0 Å². The molecule has 2 N–H and O–H groups in total. The number of piperidine rings is 1. The van der Waals surface area contributed by atoms with Gasteiger partial charge in [0, 0.05) is 25.6 Å². The van der Waals surface area contributed by atoms with Crippen LogP contribution in [0.5, 0.6) is 0 Å². The van der Waals surface area contributed by atoms with Crippen LogP contribution in [0.1, 0.15) is 52.4 Å². The van der Waals surface area contributed by atoms with Gasteiger partial charge in [0.15, 0.2) is 0 Å². The van der Waals surface area contributed by atoms with E-state index in [1.165, 1.54) is 0 Å². The fourth-order valence-electron chi connectivity index (χ4n) is 3.08. The highest BCUT2D eigenvalue weighted by Crippen LogP contribution is 2.19. The first-order valence-corrected chi connectivity index (χ1v) is 12.9. The lowest BCUT2D eigenvalue weighted by molar-refractivity contribution is -0.137. The van der Waals surface area contributed by atoms with Crippen molar-refractivity contribution in [1.29, 1.82) is 0 Å². The van der Waals surface area contributed by atoms with Crippen molar-refractivity contribution in [2.75, 3.05) is 37.4 Å². The first kappa shape index (κ1) is 24.2. The fraction of sp³-hybridized carbons (Fsp3) is 0.889. The Bertz CT molecular complexity index is 561. The Morgan fingerprint density at radius 2 is 1.85 bits per heavy atom. The molecule has 0 bridgehead atoms. The zero-order valence-electron chi connectivity index (χ0n) is 16.8. The quantitative estimate of drug-likeness (QED) is 0.467. The van der Waals surface area contributed by atoms with Crippen molar-refractivity contribution in [2.24, 2.45) is 5.92 Å². The van der Waals surface area contributed by atoms with E-state index in [-0.39, 0.29) is 23.5 Å². The minimum atomic E-state index is -3.44. The van der Waals surface area contributed by atoms with Crippen molar-refractivity contribution < 1.29 is 18.0 Å². The molecule has 0 saturated carbocycles. The summed E-state index contributed by atoms with van der Waals surface area (Å²) in [5.74, 6) is 0.495. The molecular formula is C18H35N3O4S2. The van der Waals surface area contributed by atoms with Crippen LogP contribution in [0.2, 0.25) is 0 Å². The highest BCUT2D eigenvalue weighted by Gasteiger charge is 2.32. The molecule has 9 heteroatoms. The molecule has 1 aliphatic heterocycles. The van der Waals surface area contributed by atoms with Crippen LogP contribution in [0.25, 0.3) is 0 Å². The lowest BCUT2D eigenvalue weighted by Crippen LogP contribution is -2.52. The van der Waals surface area contributed by atoms with Crippen LogP contribution in [0.4, 0.5) is 0 Å². The molecule has 2 amide bonds. The van der Waals surface area contributed by atoms with Crippen LogP contribution >= 0.6 is 11.8 Å². The Kier molecular flexibility index (Phi) is 11.3. The maximum absolute atomic E-state index is 12.8. The Morgan fingerprint density at radius 1 is 1.19 bits per heavy atom. The molecule has 0 aliphatic carbocycles. The summed E-state index contributed by atoms with van der Waals surface area (Å²) >= 11 is 1.58. The van der Waals surface area contributed by atoms with Gasteiger partial charge in [-0.2, -0.15) is 11.8 Å². The summed E-state index contributed by atoms with van der Waals surface area (Å²) in [4.78, 5) is 26.7. The van der Waals surface area contributed by atoms with Crippen LogP contribution in [0.15, 0.2) is 0 Å². The first-order chi connectivity index (χ1) is 12.8. The van der Waals surface area contributed by atoms with Gasteiger partial charge in [-0.15, -0.1) is 0 Å². The van der Waals surface area contributed by atoms with Crippen LogP contribution in [0, 0.1) is 5.92 Å². The molecular weight excluding hydrogens is 386 g/mol. The largest absolute Gasteiger partial charge is 0.356 e. The number of rotatable bonds is 12. The van der Waals surface area contributed by atoms with E-state index < -0.39 is 16.1 Å². The molecule has 1 fully saturated rings. The van der Waals surface area contributed by atoms with E-state index in [0.717, 1.165) is 19.3 Å². The molecule has 1 atom stereocenters. The minimum absolute atomic E-state index is 0.0453. The number of thioether (sulfide) groups is 1. The third kappa shape index (κ3) is 8.83. The van der Waals surface area contributed by atoms with Gasteiger partial charge in [-0.25, -0.2) is 13.1 Å². The van der Waals surface area contributed by atoms with Gasteiger partial charge in [0.25, 0.3) is 0 Å². The molecule has 1 unspecified atom stereocenters. The average molecular weight is 422 g/mol. The predicted octanol–water partition coefficient (Wildman–Crippen LogP) is 1.59. The van der Waals surface area contributed by atoms with Gasteiger partial charge in [0.1, 0.15) is 6.04 Å². The highest BCUT2D eigenvalue weighted by molar-refractivity contribution is 7.98. The summed E-state index contributed by atoms with van der Waals surface area (Å²) in [6, 6.07) is -0.721. The van der Waals surface area contributed by atoms with Crippen LogP contribution in [0.3, 0.4) is 0 Å². The van der Waals surface area contributed by atoms with Gasteiger partial charge >= 0.3 is 0 Å². The zero-order valence-corrected chi connectivity index (χ0v) is 18.5. The van der Waals surface area contributed by atoms with E-state index in [0.29, 0.717) is 44.6 Å². The van der Waals surface area contributed by atoms with Crippen molar-refractivity contribution >= 4 is 33.6 Å². The van der Waals surface area contributed by atoms with E-state index in [9.17, 15) is 18.0 Å². The monoisotopic (exact) mass is 421 g/mol. The van der Waals surface area contributed by atoms with Gasteiger partial charge in [-0.1, -0.05) is 19.8 Å². The second-order valence-electron chi connectivity index (χ2n) is 6.95. The zero-order chi connectivity index (χ0) is 20.3. The number of nitrogens with zero attached hydrogens (tertiary/aromatic N) is 1. The summed E-state index contributed by atoms with van der Waals surface area (Å²) in [7, 11) is -3.44. The van der Waals surface area contributed by atoms with Gasteiger partial charge in [0.2, 0.25) is 21.8 Å². The second-order valence-corrected chi connectivity index (χ2v) is 9.98. The third-order valence-corrected chi connectivity index (χ3v) is 6.92. The van der Waals surface area contributed by atoms with Gasteiger partial charge in [0.05, 0.1) is 5.75 Å². The first-order valence-electron chi connectivity index (χ1n) is 9.90. The number of nitrogens with one attached hydrogen (secondary N) is 2. The normalized spacial score (nSPS) is 16.9. The average Bonchev–Trinajstić information content (AvgIpc) is 2.67. The molecule has 0 aromatic heterocycles. The Balaban J connectivity index is 2.54.